The lowest BCUT2D eigenvalue weighted by atomic mass is 9.89. The molecule has 2 aliphatic heterocycles. The van der Waals surface area contributed by atoms with Gasteiger partial charge in [-0.1, -0.05) is 24.6 Å². The second kappa shape index (κ2) is 5.31. The third-order valence-corrected chi connectivity index (χ3v) is 4.60. The Hall–Kier alpha value is -1.02. The predicted octanol–water partition coefficient (Wildman–Crippen LogP) is 3.46. The largest absolute Gasteiger partial charge is 0.385 e. The highest BCUT2D eigenvalue weighted by Gasteiger charge is 2.25. The van der Waals surface area contributed by atoms with E-state index in [1.807, 2.05) is 0 Å². The van der Waals surface area contributed by atoms with Crippen molar-refractivity contribution in [2.75, 3.05) is 25.0 Å². The van der Waals surface area contributed by atoms with Crippen molar-refractivity contribution in [1.82, 2.24) is 4.90 Å². The molecule has 0 spiro atoms. The maximum absolute atomic E-state index is 3.52. The Morgan fingerprint density at radius 1 is 1.22 bits per heavy atom. The monoisotopic (exact) mass is 244 g/mol. The molecule has 2 atom stereocenters. The summed E-state index contributed by atoms with van der Waals surface area (Å²) >= 11 is 0. The normalized spacial score (nSPS) is 28.5. The zero-order chi connectivity index (χ0) is 12.4. The Morgan fingerprint density at radius 2 is 2.11 bits per heavy atom. The smallest absolute Gasteiger partial charge is 0.0376 e. The summed E-state index contributed by atoms with van der Waals surface area (Å²) in [6, 6.07) is 9.62. The van der Waals surface area contributed by atoms with Crippen molar-refractivity contribution in [3.63, 3.8) is 0 Å². The molecule has 0 bridgehead atoms. The summed E-state index contributed by atoms with van der Waals surface area (Å²) in [4.78, 5) is 2.70. The molecule has 0 amide bonds. The topological polar surface area (TPSA) is 15.3 Å². The average Bonchev–Trinajstić information content (AvgIpc) is 2.42. The molecule has 1 aromatic rings. The molecule has 0 radical (unpaired) electrons. The van der Waals surface area contributed by atoms with Gasteiger partial charge < -0.3 is 10.2 Å². The lowest BCUT2D eigenvalue weighted by Crippen LogP contribution is -2.41. The van der Waals surface area contributed by atoms with E-state index in [0.717, 1.165) is 18.5 Å². The molecule has 1 saturated heterocycles. The molecule has 0 aromatic heterocycles. The van der Waals surface area contributed by atoms with E-state index < -0.39 is 0 Å². The molecule has 18 heavy (non-hydrogen) atoms. The van der Waals surface area contributed by atoms with Crippen molar-refractivity contribution >= 4 is 5.69 Å². The zero-order valence-electron chi connectivity index (χ0n) is 11.4. The first-order chi connectivity index (χ1) is 8.84. The van der Waals surface area contributed by atoms with Crippen molar-refractivity contribution in [1.29, 1.82) is 0 Å². The van der Waals surface area contributed by atoms with Crippen molar-refractivity contribution in [2.24, 2.45) is 0 Å². The Labute approximate surface area is 110 Å². The van der Waals surface area contributed by atoms with Crippen LogP contribution in [-0.2, 0) is 0 Å². The van der Waals surface area contributed by atoms with Crippen LogP contribution in [0.3, 0.4) is 0 Å². The van der Waals surface area contributed by atoms with Gasteiger partial charge in [0.15, 0.2) is 0 Å². The average molecular weight is 244 g/mol. The summed E-state index contributed by atoms with van der Waals surface area (Å²) in [5, 5.41) is 3.52. The SMILES string of the molecule is CC1CCCCN1CC1CCNc2ccccc21. The molecule has 2 nitrogen and oxygen atoms in total. The summed E-state index contributed by atoms with van der Waals surface area (Å²) in [6.45, 7) is 6.07. The van der Waals surface area contributed by atoms with Crippen LogP contribution in [0.5, 0.6) is 0 Å². The Balaban J connectivity index is 1.73. The number of fused-ring (bicyclic) bond motifs is 1. The summed E-state index contributed by atoms with van der Waals surface area (Å²) < 4.78 is 0. The lowest BCUT2D eigenvalue weighted by molar-refractivity contribution is 0.149. The number of piperidine rings is 1. The highest BCUT2D eigenvalue weighted by Crippen LogP contribution is 2.33. The Bertz CT molecular complexity index is 402. The van der Waals surface area contributed by atoms with Crippen LogP contribution in [0.4, 0.5) is 5.69 Å². The van der Waals surface area contributed by atoms with Gasteiger partial charge in [-0.25, -0.2) is 0 Å². The second-order valence-corrected chi connectivity index (χ2v) is 5.84. The summed E-state index contributed by atoms with van der Waals surface area (Å²) in [5.74, 6) is 0.725. The van der Waals surface area contributed by atoms with Crippen molar-refractivity contribution in [3.8, 4) is 0 Å². The fourth-order valence-corrected chi connectivity index (χ4v) is 3.45. The van der Waals surface area contributed by atoms with E-state index in [4.69, 9.17) is 0 Å². The first kappa shape index (κ1) is 12.0. The molecule has 1 N–H and O–H groups in total. The molecule has 2 heterocycles. The molecular formula is C16H24N2. The highest BCUT2D eigenvalue weighted by molar-refractivity contribution is 5.54. The lowest BCUT2D eigenvalue weighted by Gasteiger charge is -2.37. The highest BCUT2D eigenvalue weighted by atomic mass is 15.2. The second-order valence-electron chi connectivity index (χ2n) is 5.84. The van der Waals surface area contributed by atoms with Crippen molar-refractivity contribution in [2.45, 2.75) is 44.6 Å². The van der Waals surface area contributed by atoms with Crippen LogP contribution < -0.4 is 5.32 Å². The van der Waals surface area contributed by atoms with Gasteiger partial charge in [-0.2, -0.15) is 0 Å². The number of para-hydroxylation sites is 1. The number of nitrogens with zero attached hydrogens (tertiary/aromatic N) is 1. The quantitative estimate of drug-likeness (QED) is 0.857. The van der Waals surface area contributed by atoms with Gasteiger partial charge in [-0.3, -0.25) is 0 Å². The Morgan fingerprint density at radius 3 is 3.00 bits per heavy atom. The number of anilines is 1. The first-order valence-corrected chi connectivity index (χ1v) is 7.41. The first-order valence-electron chi connectivity index (χ1n) is 7.41. The molecular weight excluding hydrogens is 220 g/mol. The number of nitrogens with one attached hydrogen (secondary N) is 1. The molecule has 98 valence electrons. The van der Waals surface area contributed by atoms with Crippen molar-refractivity contribution in [3.05, 3.63) is 29.8 Å². The predicted molar refractivity (Wildman–Crippen MR) is 77.2 cm³/mol. The summed E-state index contributed by atoms with van der Waals surface area (Å²) in [5.41, 5.74) is 2.89. The maximum atomic E-state index is 3.52. The van der Waals surface area contributed by atoms with Gasteiger partial charge in [0.2, 0.25) is 0 Å². The standard InChI is InChI=1S/C16H24N2/c1-13-6-4-5-11-18(13)12-14-9-10-17-16-8-3-2-7-15(14)16/h2-3,7-8,13-14,17H,4-6,9-12H2,1H3. The minimum Gasteiger partial charge on any atom is -0.385 e. The van der Waals surface area contributed by atoms with Gasteiger partial charge in [-0.05, 0) is 44.4 Å². The van der Waals surface area contributed by atoms with Crippen LogP contribution in [0.1, 0.15) is 44.1 Å². The number of benzene rings is 1. The summed E-state index contributed by atoms with van der Waals surface area (Å²) in [7, 11) is 0. The molecule has 3 rings (SSSR count). The zero-order valence-corrected chi connectivity index (χ0v) is 11.4. The number of rotatable bonds is 2. The van der Waals surface area contributed by atoms with Gasteiger partial charge in [0.25, 0.3) is 0 Å². The number of hydrogen-bond acceptors (Lipinski definition) is 2. The van der Waals surface area contributed by atoms with E-state index in [2.05, 4.69) is 41.4 Å². The van der Waals surface area contributed by atoms with E-state index in [1.165, 1.54) is 50.0 Å². The number of hydrogen-bond donors (Lipinski definition) is 1. The molecule has 2 unspecified atom stereocenters. The molecule has 2 aliphatic rings. The molecule has 1 aromatic carbocycles. The fourth-order valence-electron chi connectivity index (χ4n) is 3.45. The van der Waals surface area contributed by atoms with E-state index in [1.54, 1.807) is 0 Å². The van der Waals surface area contributed by atoms with Crippen LogP contribution in [0.25, 0.3) is 0 Å². The van der Waals surface area contributed by atoms with Crippen LogP contribution in [0, 0.1) is 0 Å². The molecule has 0 aliphatic carbocycles. The van der Waals surface area contributed by atoms with Crippen LogP contribution in [-0.4, -0.2) is 30.6 Å². The van der Waals surface area contributed by atoms with Crippen LogP contribution in [0.2, 0.25) is 0 Å². The molecule has 1 fully saturated rings. The minimum absolute atomic E-state index is 0.725. The number of likely N-dealkylation sites (tertiary alicyclic amines) is 1. The van der Waals surface area contributed by atoms with Crippen LogP contribution in [0.15, 0.2) is 24.3 Å². The van der Waals surface area contributed by atoms with Gasteiger partial charge in [-0.15, -0.1) is 0 Å². The van der Waals surface area contributed by atoms with Gasteiger partial charge in [0.05, 0.1) is 0 Å². The van der Waals surface area contributed by atoms with E-state index in [0.29, 0.717) is 0 Å². The molecule has 2 heteroatoms. The fraction of sp³-hybridized carbons (Fsp3) is 0.625. The van der Waals surface area contributed by atoms with Crippen molar-refractivity contribution < 1.29 is 0 Å². The molecule has 0 saturated carbocycles. The van der Waals surface area contributed by atoms with Gasteiger partial charge in [0.1, 0.15) is 0 Å². The van der Waals surface area contributed by atoms with Gasteiger partial charge in [0, 0.05) is 30.7 Å². The van der Waals surface area contributed by atoms with E-state index >= 15 is 0 Å². The minimum atomic E-state index is 0.725. The summed E-state index contributed by atoms with van der Waals surface area (Å²) in [6.07, 6.45) is 5.46. The van der Waals surface area contributed by atoms with E-state index in [9.17, 15) is 0 Å². The third-order valence-electron chi connectivity index (χ3n) is 4.60. The van der Waals surface area contributed by atoms with Crippen LogP contribution >= 0.6 is 0 Å². The maximum Gasteiger partial charge on any atom is 0.0376 e. The van der Waals surface area contributed by atoms with Gasteiger partial charge >= 0.3 is 0 Å². The third kappa shape index (κ3) is 2.39. The Kier molecular flexibility index (Phi) is 3.55. The van der Waals surface area contributed by atoms with E-state index in [-0.39, 0.29) is 0 Å².